The summed E-state index contributed by atoms with van der Waals surface area (Å²) in [5, 5.41) is 7.94. The molecule has 1 unspecified atom stereocenters. The Labute approximate surface area is 126 Å². The van der Waals surface area contributed by atoms with E-state index >= 15 is 0 Å². The third-order valence-corrected chi connectivity index (χ3v) is 3.98. The number of aryl methyl sites for hydroxylation is 1. The number of amides is 1. The minimum atomic E-state index is -0.187. The quantitative estimate of drug-likeness (QED) is 0.904. The molecule has 1 aromatic heterocycles. The van der Waals surface area contributed by atoms with Gasteiger partial charge in [0.15, 0.2) is 0 Å². The van der Waals surface area contributed by atoms with Gasteiger partial charge in [0.05, 0.1) is 12.8 Å². The second kappa shape index (κ2) is 7.45. The third-order valence-electron chi connectivity index (χ3n) is 3.98. The van der Waals surface area contributed by atoms with Gasteiger partial charge in [-0.15, -0.1) is 0 Å². The van der Waals surface area contributed by atoms with Crippen LogP contribution in [0.15, 0.2) is 12.4 Å². The van der Waals surface area contributed by atoms with Crippen LogP contribution in [-0.4, -0.2) is 46.5 Å². The van der Waals surface area contributed by atoms with E-state index in [9.17, 15) is 4.79 Å². The van der Waals surface area contributed by atoms with Crippen LogP contribution in [0, 0.1) is 0 Å². The minimum Gasteiger partial charge on any atom is -0.450 e. The fourth-order valence-electron chi connectivity index (χ4n) is 2.67. The van der Waals surface area contributed by atoms with E-state index in [2.05, 4.69) is 30.5 Å². The average Bonchev–Trinajstić information content (AvgIpc) is 2.97. The number of carbonyl (C=O) groups excluding carboxylic acids is 1. The molecule has 21 heavy (non-hydrogen) atoms. The van der Waals surface area contributed by atoms with Gasteiger partial charge in [-0.05, 0) is 33.6 Å². The molecule has 1 fully saturated rings. The van der Waals surface area contributed by atoms with Gasteiger partial charge in [0.25, 0.3) is 0 Å². The molecule has 0 aliphatic carbocycles. The summed E-state index contributed by atoms with van der Waals surface area (Å²) in [6.45, 7) is 8.94. The van der Waals surface area contributed by atoms with Crippen LogP contribution in [0.25, 0.3) is 0 Å². The van der Waals surface area contributed by atoms with Gasteiger partial charge in [0.1, 0.15) is 0 Å². The van der Waals surface area contributed by atoms with Crippen LogP contribution in [-0.2, 0) is 11.3 Å². The SMILES string of the molecule is CCOC(=O)N1CCC(NC(C)c2cnn(CC)c2)CC1. The normalized spacial score (nSPS) is 17.8. The number of nitrogens with zero attached hydrogens (tertiary/aromatic N) is 3. The number of rotatable bonds is 5. The molecule has 0 spiro atoms. The number of likely N-dealkylation sites (tertiary alicyclic amines) is 1. The number of ether oxygens (including phenoxy) is 1. The van der Waals surface area contributed by atoms with Crippen LogP contribution in [0.5, 0.6) is 0 Å². The second-order valence-corrected chi connectivity index (χ2v) is 5.48. The van der Waals surface area contributed by atoms with Gasteiger partial charge in [0.2, 0.25) is 0 Å². The maximum Gasteiger partial charge on any atom is 0.409 e. The highest BCUT2D eigenvalue weighted by atomic mass is 16.6. The van der Waals surface area contributed by atoms with Crippen molar-refractivity contribution in [3.63, 3.8) is 0 Å². The molecule has 6 heteroatoms. The summed E-state index contributed by atoms with van der Waals surface area (Å²) in [6.07, 6.45) is 5.75. The second-order valence-electron chi connectivity index (χ2n) is 5.48. The van der Waals surface area contributed by atoms with Crippen molar-refractivity contribution >= 4 is 6.09 Å². The van der Waals surface area contributed by atoms with E-state index in [1.54, 1.807) is 4.90 Å². The lowest BCUT2D eigenvalue weighted by atomic mass is 10.0. The Balaban J connectivity index is 1.79. The summed E-state index contributed by atoms with van der Waals surface area (Å²) in [7, 11) is 0. The predicted molar refractivity (Wildman–Crippen MR) is 81.1 cm³/mol. The summed E-state index contributed by atoms with van der Waals surface area (Å²) in [5.41, 5.74) is 1.21. The van der Waals surface area contributed by atoms with Crippen LogP contribution in [0.3, 0.4) is 0 Å². The molecule has 118 valence electrons. The van der Waals surface area contributed by atoms with E-state index < -0.39 is 0 Å². The molecule has 1 aliphatic rings. The van der Waals surface area contributed by atoms with Crippen LogP contribution in [0.2, 0.25) is 0 Å². The zero-order valence-corrected chi connectivity index (χ0v) is 13.2. The number of carbonyl (C=O) groups is 1. The molecule has 0 saturated carbocycles. The van der Waals surface area contributed by atoms with Gasteiger partial charge >= 0.3 is 6.09 Å². The molecular formula is C15H26N4O2. The molecular weight excluding hydrogens is 268 g/mol. The number of piperidine rings is 1. The molecule has 1 aromatic rings. The largest absolute Gasteiger partial charge is 0.450 e. The van der Waals surface area contributed by atoms with Crippen molar-refractivity contribution in [2.24, 2.45) is 0 Å². The van der Waals surface area contributed by atoms with Crippen molar-refractivity contribution in [2.45, 2.75) is 52.2 Å². The van der Waals surface area contributed by atoms with Crippen molar-refractivity contribution in [1.29, 1.82) is 0 Å². The maximum absolute atomic E-state index is 11.7. The average molecular weight is 294 g/mol. The smallest absolute Gasteiger partial charge is 0.409 e. The lowest BCUT2D eigenvalue weighted by Gasteiger charge is -2.33. The van der Waals surface area contributed by atoms with Crippen molar-refractivity contribution < 1.29 is 9.53 Å². The van der Waals surface area contributed by atoms with Gasteiger partial charge in [-0.25, -0.2) is 4.79 Å². The number of nitrogens with one attached hydrogen (secondary N) is 1. The highest BCUT2D eigenvalue weighted by molar-refractivity contribution is 5.67. The fourth-order valence-corrected chi connectivity index (χ4v) is 2.67. The fraction of sp³-hybridized carbons (Fsp3) is 0.733. The first-order valence-electron chi connectivity index (χ1n) is 7.84. The molecule has 0 bridgehead atoms. The molecule has 2 heterocycles. The molecule has 1 saturated heterocycles. The van der Waals surface area contributed by atoms with Crippen LogP contribution in [0.1, 0.15) is 45.2 Å². The zero-order chi connectivity index (χ0) is 15.2. The third kappa shape index (κ3) is 4.20. The minimum absolute atomic E-state index is 0.187. The molecule has 1 atom stereocenters. The first-order chi connectivity index (χ1) is 10.1. The molecule has 1 aliphatic heterocycles. The van der Waals surface area contributed by atoms with Crippen molar-refractivity contribution in [2.75, 3.05) is 19.7 Å². The van der Waals surface area contributed by atoms with Gasteiger partial charge < -0.3 is 15.0 Å². The van der Waals surface area contributed by atoms with Crippen molar-refractivity contribution in [1.82, 2.24) is 20.0 Å². The lowest BCUT2D eigenvalue weighted by Crippen LogP contribution is -2.45. The van der Waals surface area contributed by atoms with Gasteiger partial charge in [-0.3, -0.25) is 4.68 Å². The van der Waals surface area contributed by atoms with Gasteiger partial charge in [-0.1, -0.05) is 0 Å². The number of hydrogen-bond donors (Lipinski definition) is 1. The van der Waals surface area contributed by atoms with Crippen LogP contribution in [0.4, 0.5) is 4.79 Å². The van der Waals surface area contributed by atoms with Crippen LogP contribution >= 0.6 is 0 Å². The van der Waals surface area contributed by atoms with Gasteiger partial charge in [-0.2, -0.15) is 5.10 Å². The summed E-state index contributed by atoms with van der Waals surface area (Å²) in [4.78, 5) is 13.4. The summed E-state index contributed by atoms with van der Waals surface area (Å²) in [6, 6.07) is 0.722. The molecule has 0 aromatic carbocycles. The Kier molecular flexibility index (Phi) is 5.61. The van der Waals surface area contributed by atoms with Crippen molar-refractivity contribution in [3.05, 3.63) is 18.0 Å². The van der Waals surface area contributed by atoms with Crippen molar-refractivity contribution in [3.8, 4) is 0 Å². The summed E-state index contributed by atoms with van der Waals surface area (Å²) in [5.74, 6) is 0. The van der Waals surface area contributed by atoms with E-state index in [0.717, 1.165) is 32.5 Å². The Morgan fingerprint density at radius 1 is 1.48 bits per heavy atom. The molecule has 6 nitrogen and oxygen atoms in total. The Morgan fingerprint density at radius 2 is 2.19 bits per heavy atom. The lowest BCUT2D eigenvalue weighted by molar-refractivity contribution is 0.0944. The Morgan fingerprint density at radius 3 is 2.76 bits per heavy atom. The predicted octanol–water partition coefficient (Wildman–Crippen LogP) is 2.17. The highest BCUT2D eigenvalue weighted by Gasteiger charge is 2.24. The number of hydrogen-bond acceptors (Lipinski definition) is 4. The van der Waals surface area contributed by atoms with Crippen LogP contribution < -0.4 is 5.32 Å². The summed E-state index contributed by atoms with van der Waals surface area (Å²) >= 11 is 0. The Hall–Kier alpha value is -1.56. The molecule has 1 N–H and O–H groups in total. The van der Waals surface area contributed by atoms with E-state index in [-0.39, 0.29) is 12.1 Å². The summed E-state index contributed by atoms with van der Waals surface area (Å²) < 4.78 is 6.98. The van der Waals surface area contributed by atoms with Gasteiger partial charge in [0, 0.05) is 43.5 Å². The van der Waals surface area contributed by atoms with E-state index in [1.807, 2.05) is 17.8 Å². The standard InChI is InChI=1S/C15H26N4O2/c1-4-19-11-13(10-16-19)12(3)17-14-6-8-18(9-7-14)15(20)21-5-2/h10-12,14,17H,4-9H2,1-3H3. The molecule has 1 amide bonds. The molecule has 0 radical (unpaired) electrons. The monoisotopic (exact) mass is 294 g/mol. The number of aromatic nitrogens is 2. The highest BCUT2D eigenvalue weighted by Crippen LogP contribution is 2.17. The topological polar surface area (TPSA) is 59.4 Å². The molecule has 2 rings (SSSR count). The first-order valence-corrected chi connectivity index (χ1v) is 7.84. The van der Waals surface area contributed by atoms with E-state index in [4.69, 9.17) is 4.74 Å². The van der Waals surface area contributed by atoms with E-state index in [1.165, 1.54) is 5.56 Å². The van der Waals surface area contributed by atoms with E-state index in [0.29, 0.717) is 12.6 Å². The Bertz CT molecular complexity index is 452. The first kappa shape index (κ1) is 15.8. The maximum atomic E-state index is 11.7. The zero-order valence-electron chi connectivity index (χ0n) is 13.2.